The highest BCUT2D eigenvalue weighted by Gasteiger charge is 2.26. The molecule has 5 nitrogen and oxygen atoms in total. The molecule has 0 heterocycles. The van der Waals surface area contributed by atoms with Gasteiger partial charge in [-0.25, -0.2) is 8.42 Å². The van der Waals surface area contributed by atoms with E-state index >= 15 is 0 Å². The third-order valence-electron chi connectivity index (χ3n) is 2.72. The summed E-state index contributed by atoms with van der Waals surface area (Å²) in [5.74, 6) is -2.58. The largest absolute Gasteiger partial charge is 0.481 e. The summed E-state index contributed by atoms with van der Waals surface area (Å²) < 4.78 is 28.5. The molecule has 0 fully saturated rings. The summed E-state index contributed by atoms with van der Waals surface area (Å²) in [6.07, 6.45) is 0.375. The molecule has 1 aromatic carbocycles. The van der Waals surface area contributed by atoms with Crippen molar-refractivity contribution in [1.82, 2.24) is 0 Å². The van der Waals surface area contributed by atoms with E-state index in [1.165, 1.54) is 7.11 Å². The van der Waals surface area contributed by atoms with Crippen LogP contribution in [0.25, 0.3) is 0 Å². The first-order valence-electron chi connectivity index (χ1n) is 5.93. The van der Waals surface area contributed by atoms with E-state index in [0.29, 0.717) is 18.6 Å². The van der Waals surface area contributed by atoms with E-state index in [0.717, 1.165) is 0 Å². The second kappa shape index (κ2) is 7.25. The number of rotatable bonds is 8. The quantitative estimate of drug-likeness (QED) is 0.729. The first-order chi connectivity index (χ1) is 8.96. The van der Waals surface area contributed by atoms with E-state index < -0.39 is 21.7 Å². The van der Waals surface area contributed by atoms with Gasteiger partial charge < -0.3 is 9.84 Å². The number of carboxylic acids is 1. The van der Waals surface area contributed by atoms with Crippen LogP contribution in [0.15, 0.2) is 30.3 Å². The summed E-state index contributed by atoms with van der Waals surface area (Å²) in [5, 5.41) is 9.17. The minimum Gasteiger partial charge on any atom is -0.481 e. The fraction of sp³-hybridized carbons (Fsp3) is 0.462. The van der Waals surface area contributed by atoms with Crippen LogP contribution in [0, 0.1) is 0 Å². The molecule has 0 aromatic heterocycles. The Kier molecular flexibility index (Phi) is 5.98. The SMILES string of the molecule is COCCCS(=O)(=O)CC(C(=O)O)c1ccccc1. The van der Waals surface area contributed by atoms with Gasteiger partial charge in [0.2, 0.25) is 0 Å². The predicted octanol–water partition coefficient (Wildman–Crippen LogP) is 1.31. The van der Waals surface area contributed by atoms with Gasteiger partial charge in [-0.15, -0.1) is 0 Å². The van der Waals surface area contributed by atoms with E-state index in [2.05, 4.69) is 0 Å². The maximum absolute atomic E-state index is 11.9. The van der Waals surface area contributed by atoms with E-state index in [4.69, 9.17) is 4.74 Å². The van der Waals surface area contributed by atoms with Gasteiger partial charge in [0.05, 0.1) is 17.4 Å². The van der Waals surface area contributed by atoms with Crippen LogP contribution in [-0.4, -0.2) is 44.7 Å². The highest BCUT2D eigenvalue weighted by molar-refractivity contribution is 7.91. The summed E-state index contributed by atoms with van der Waals surface area (Å²) in [6.45, 7) is 0.350. The monoisotopic (exact) mass is 286 g/mol. The number of ether oxygens (including phenoxy) is 1. The molecule has 0 aliphatic carbocycles. The summed E-state index contributed by atoms with van der Waals surface area (Å²) in [6, 6.07) is 8.41. The first kappa shape index (κ1) is 15.7. The number of aliphatic carboxylic acids is 1. The van der Waals surface area contributed by atoms with Crippen molar-refractivity contribution in [2.75, 3.05) is 25.2 Å². The maximum atomic E-state index is 11.9. The lowest BCUT2D eigenvalue weighted by molar-refractivity contribution is -0.138. The lowest BCUT2D eigenvalue weighted by Crippen LogP contribution is -2.24. The van der Waals surface area contributed by atoms with Crippen LogP contribution in [0.1, 0.15) is 17.9 Å². The highest BCUT2D eigenvalue weighted by Crippen LogP contribution is 2.18. The Morgan fingerprint density at radius 2 is 1.95 bits per heavy atom. The van der Waals surface area contributed by atoms with Crippen molar-refractivity contribution in [2.45, 2.75) is 12.3 Å². The van der Waals surface area contributed by atoms with Crippen molar-refractivity contribution in [3.63, 3.8) is 0 Å². The predicted molar refractivity (Wildman–Crippen MR) is 72.0 cm³/mol. The molecular formula is C13H18O5S. The summed E-state index contributed by atoms with van der Waals surface area (Å²) in [4.78, 5) is 11.2. The van der Waals surface area contributed by atoms with Crippen LogP contribution in [0.2, 0.25) is 0 Å². The molecule has 0 amide bonds. The molecular weight excluding hydrogens is 268 g/mol. The molecule has 0 saturated carbocycles. The molecule has 0 bridgehead atoms. The molecule has 0 saturated heterocycles. The molecule has 0 spiro atoms. The molecule has 1 unspecified atom stereocenters. The Hall–Kier alpha value is -1.40. The van der Waals surface area contributed by atoms with Crippen molar-refractivity contribution in [1.29, 1.82) is 0 Å². The minimum atomic E-state index is -3.41. The average molecular weight is 286 g/mol. The second-order valence-electron chi connectivity index (χ2n) is 4.26. The molecule has 6 heteroatoms. The number of methoxy groups -OCH3 is 1. The molecule has 0 aliphatic heterocycles. The Bertz CT molecular complexity index is 495. The Morgan fingerprint density at radius 1 is 1.32 bits per heavy atom. The molecule has 19 heavy (non-hydrogen) atoms. The third kappa shape index (κ3) is 5.40. The Labute approximate surface area is 113 Å². The molecule has 0 aliphatic rings. The number of hydrogen-bond acceptors (Lipinski definition) is 4. The molecule has 106 valence electrons. The number of benzene rings is 1. The normalized spacial score (nSPS) is 13.1. The van der Waals surface area contributed by atoms with Gasteiger partial charge in [0.25, 0.3) is 0 Å². The van der Waals surface area contributed by atoms with Crippen molar-refractivity contribution in [3.8, 4) is 0 Å². The summed E-state index contributed by atoms with van der Waals surface area (Å²) in [7, 11) is -1.91. The van der Waals surface area contributed by atoms with Gasteiger partial charge in [0.1, 0.15) is 0 Å². The third-order valence-corrected chi connectivity index (χ3v) is 4.48. The number of carbonyl (C=O) groups is 1. The number of sulfone groups is 1. The van der Waals surface area contributed by atoms with Crippen LogP contribution in [0.5, 0.6) is 0 Å². The molecule has 1 aromatic rings. The first-order valence-corrected chi connectivity index (χ1v) is 7.75. The lowest BCUT2D eigenvalue weighted by Gasteiger charge is -2.13. The topological polar surface area (TPSA) is 80.7 Å². The maximum Gasteiger partial charge on any atom is 0.312 e. The van der Waals surface area contributed by atoms with E-state index in [1.54, 1.807) is 30.3 Å². The van der Waals surface area contributed by atoms with Crippen molar-refractivity contribution in [3.05, 3.63) is 35.9 Å². The second-order valence-corrected chi connectivity index (χ2v) is 6.49. The van der Waals surface area contributed by atoms with Gasteiger partial charge in [0.15, 0.2) is 9.84 Å². The molecule has 1 atom stereocenters. The van der Waals surface area contributed by atoms with Gasteiger partial charge in [-0.1, -0.05) is 30.3 Å². The van der Waals surface area contributed by atoms with Crippen LogP contribution in [0.4, 0.5) is 0 Å². The lowest BCUT2D eigenvalue weighted by atomic mass is 10.0. The fourth-order valence-corrected chi connectivity index (χ4v) is 3.32. The van der Waals surface area contributed by atoms with E-state index in [-0.39, 0.29) is 11.5 Å². The molecule has 1 rings (SSSR count). The van der Waals surface area contributed by atoms with Gasteiger partial charge in [0, 0.05) is 13.7 Å². The van der Waals surface area contributed by atoms with Crippen LogP contribution in [-0.2, 0) is 19.4 Å². The fourth-order valence-electron chi connectivity index (χ4n) is 1.76. The zero-order valence-corrected chi connectivity index (χ0v) is 11.6. The van der Waals surface area contributed by atoms with E-state index in [1.807, 2.05) is 0 Å². The zero-order chi connectivity index (χ0) is 14.3. The Morgan fingerprint density at radius 3 is 2.47 bits per heavy atom. The van der Waals surface area contributed by atoms with E-state index in [9.17, 15) is 18.3 Å². The minimum absolute atomic E-state index is 0.0581. The van der Waals surface area contributed by atoms with Crippen molar-refractivity contribution in [2.24, 2.45) is 0 Å². The van der Waals surface area contributed by atoms with Crippen LogP contribution in [0.3, 0.4) is 0 Å². The van der Waals surface area contributed by atoms with Gasteiger partial charge in [-0.05, 0) is 12.0 Å². The highest BCUT2D eigenvalue weighted by atomic mass is 32.2. The average Bonchev–Trinajstić information content (AvgIpc) is 2.37. The van der Waals surface area contributed by atoms with Gasteiger partial charge in [-0.2, -0.15) is 0 Å². The van der Waals surface area contributed by atoms with Crippen LogP contribution >= 0.6 is 0 Å². The number of hydrogen-bond donors (Lipinski definition) is 1. The van der Waals surface area contributed by atoms with Crippen molar-refractivity contribution < 1.29 is 23.1 Å². The van der Waals surface area contributed by atoms with Gasteiger partial charge >= 0.3 is 5.97 Å². The zero-order valence-electron chi connectivity index (χ0n) is 10.8. The van der Waals surface area contributed by atoms with Crippen molar-refractivity contribution >= 4 is 15.8 Å². The molecule has 0 radical (unpaired) electrons. The summed E-state index contributed by atoms with van der Waals surface area (Å²) >= 11 is 0. The standard InChI is InChI=1S/C13H18O5S/c1-18-8-5-9-19(16,17)10-12(13(14)15)11-6-3-2-4-7-11/h2-4,6-7,12H,5,8-10H2,1H3,(H,14,15). The van der Waals surface area contributed by atoms with Gasteiger partial charge in [-0.3, -0.25) is 4.79 Å². The van der Waals surface area contributed by atoms with Crippen LogP contribution < -0.4 is 0 Å². The summed E-state index contributed by atoms with van der Waals surface area (Å²) in [5.41, 5.74) is 0.505. The number of carboxylic acid groups (broad SMARTS) is 1. The molecule has 1 N–H and O–H groups in total. The smallest absolute Gasteiger partial charge is 0.312 e. The Balaban J connectivity index is 2.77.